The van der Waals surface area contributed by atoms with Gasteiger partial charge >= 0.3 is 5.69 Å². The van der Waals surface area contributed by atoms with Crippen molar-refractivity contribution in [1.82, 2.24) is 18.7 Å². The minimum Gasteiger partial charge on any atom is -0.310 e. The third kappa shape index (κ3) is 2.09. The highest BCUT2D eigenvalue weighted by Gasteiger charge is 2.29. The lowest BCUT2D eigenvalue weighted by atomic mass is 10.1. The Bertz CT molecular complexity index is 1170. The summed E-state index contributed by atoms with van der Waals surface area (Å²) in [6.07, 6.45) is 1.55. The van der Waals surface area contributed by atoms with Crippen molar-refractivity contribution in [2.75, 3.05) is 11.4 Å². The normalized spacial score (nSPS) is 13.4. The average Bonchev–Trinajstić information content (AvgIpc) is 3.18. The van der Waals surface area contributed by atoms with E-state index in [1.54, 1.807) is 13.1 Å². The Morgan fingerprint density at radius 2 is 2.00 bits per heavy atom. The summed E-state index contributed by atoms with van der Waals surface area (Å²) in [5.41, 5.74) is 3.67. The number of allylic oxidation sites excluding steroid dienone is 1. The fraction of sp³-hybridized carbons (Fsp3) is 0.316. The van der Waals surface area contributed by atoms with Gasteiger partial charge in [-0.2, -0.15) is 4.98 Å². The second kappa shape index (κ2) is 5.72. The van der Waals surface area contributed by atoms with Gasteiger partial charge in [0.15, 0.2) is 11.2 Å². The number of anilines is 2. The first-order chi connectivity index (χ1) is 12.5. The van der Waals surface area contributed by atoms with E-state index in [4.69, 9.17) is 0 Å². The summed E-state index contributed by atoms with van der Waals surface area (Å²) >= 11 is 0. The first kappa shape index (κ1) is 16.4. The zero-order chi connectivity index (χ0) is 18.6. The molecule has 3 heterocycles. The lowest BCUT2D eigenvalue weighted by Gasteiger charge is -2.19. The summed E-state index contributed by atoms with van der Waals surface area (Å²) in [6.45, 7) is 9.38. The number of aromatic nitrogens is 4. The number of aryl methyl sites for hydroxylation is 2. The zero-order valence-corrected chi connectivity index (χ0v) is 15.2. The molecular formula is C19H21N5O2. The molecule has 0 unspecified atom stereocenters. The molecule has 0 bridgehead atoms. The van der Waals surface area contributed by atoms with Crippen molar-refractivity contribution in [3.05, 3.63) is 62.8 Å². The van der Waals surface area contributed by atoms with Gasteiger partial charge in [-0.25, -0.2) is 4.79 Å². The van der Waals surface area contributed by atoms with Crippen molar-refractivity contribution in [2.24, 2.45) is 7.05 Å². The molecule has 7 heteroatoms. The average molecular weight is 351 g/mol. The van der Waals surface area contributed by atoms with Crippen LogP contribution in [-0.4, -0.2) is 25.2 Å². The van der Waals surface area contributed by atoms with Crippen LogP contribution in [0.5, 0.6) is 0 Å². The largest absolute Gasteiger partial charge is 0.332 e. The molecule has 3 aromatic rings. The van der Waals surface area contributed by atoms with E-state index in [9.17, 15) is 9.59 Å². The van der Waals surface area contributed by atoms with Gasteiger partial charge in [-0.3, -0.25) is 13.9 Å². The Balaban J connectivity index is 2.00. The van der Waals surface area contributed by atoms with Crippen LogP contribution in [0, 0.1) is 13.8 Å². The van der Waals surface area contributed by atoms with Crippen molar-refractivity contribution in [1.29, 1.82) is 0 Å². The molecule has 0 N–H and O–H groups in total. The minimum absolute atomic E-state index is 0.183. The first-order valence-electron chi connectivity index (χ1n) is 8.60. The van der Waals surface area contributed by atoms with Crippen molar-refractivity contribution in [3.63, 3.8) is 0 Å². The van der Waals surface area contributed by atoms with Gasteiger partial charge in [0, 0.05) is 32.4 Å². The lowest BCUT2D eigenvalue weighted by Crippen LogP contribution is -2.39. The summed E-state index contributed by atoms with van der Waals surface area (Å²) in [5, 5.41) is 0. The Morgan fingerprint density at radius 1 is 1.23 bits per heavy atom. The fourth-order valence-corrected chi connectivity index (χ4v) is 3.62. The van der Waals surface area contributed by atoms with Crippen LogP contribution in [0.15, 0.2) is 40.4 Å². The van der Waals surface area contributed by atoms with Crippen molar-refractivity contribution in [3.8, 4) is 0 Å². The highest BCUT2D eigenvalue weighted by Crippen LogP contribution is 2.34. The van der Waals surface area contributed by atoms with E-state index in [1.807, 2.05) is 10.6 Å². The molecule has 0 fully saturated rings. The van der Waals surface area contributed by atoms with E-state index in [2.05, 4.69) is 42.4 Å². The van der Waals surface area contributed by atoms with Crippen LogP contribution in [0.1, 0.15) is 11.1 Å². The minimum atomic E-state index is -0.377. The van der Waals surface area contributed by atoms with Crippen molar-refractivity contribution in [2.45, 2.75) is 26.9 Å². The van der Waals surface area contributed by atoms with E-state index < -0.39 is 0 Å². The summed E-state index contributed by atoms with van der Waals surface area (Å²) in [5.74, 6) is 0.706. The quantitative estimate of drug-likeness (QED) is 0.676. The van der Waals surface area contributed by atoms with Crippen LogP contribution in [0.4, 0.5) is 11.6 Å². The maximum Gasteiger partial charge on any atom is 0.332 e. The molecule has 1 aromatic carbocycles. The van der Waals surface area contributed by atoms with Crippen LogP contribution < -0.4 is 16.1 Å². The van der Waals surface area contributed by atoms with Crippen molar-refractivity contribution >= 4 is 22.8 Å². The predicted molar refractivity (Wildman–Crippen MR) is 102 cm³/mol. The number of benzene rings is 1. The Kier molecular flexibility index (Phi) is 3.61. The van der Waals surface area contributed by atoms with E-state index in [0.717, 1.165) is 12.2 Å². The molecule has 0 saturated heterocycles. The standard InChI is InChI=1S/C19H21N5O2/c1-5-9-24-17(25)15-16(21(4)19(24)26)20-18-22(10-11-23(15)18)14-8-6-7-12(2)13(14)3/h5-8H,1,9-11H2,2-4H3. The van der Waals surface area contributed by atoms with Crippen LogP contribution >= 0.6 is 0 Å². The van der Waals surface area contributed by atoms with Gasteiger partial charge in [-0.1, -0.05) is 18.2 Å². The summed E-state index contributed by atoms with van der Waals surface area (Å²) in [6, 6.07) is 6.16. The van der Waals surface area contributed by atoms with Gasteiger partial charge in [0.25, 0.3) is 5.56 Å². The smallest absolute Gasteiger partial charge is 0.310 e. The number of rotatable bonds is 3. The van der Waals surface area contributed by atoms with Crippen LogP contribution in [0.2, 0.25) is 0 Å². The molecule has 0 atom stereocenters. The van der Waals surface area contributed by atoms with Gasteiger partial charge in [-0.05, 0) is 31.0 Å². The molecule has 2 aromatic heterocycles. The molecule has 0 saturated carbocycles. The highest BCUT2D eigenvalue weighted by molar-refractivity contribution is 5.78. The molecule has 0 spiro atoms. The molecule has 4 rings (SSSR count). The number of nitrogens with zero attached hydrogens (tertiary/aromatic N) is 5. The molecule has 7 nitrogen and oxygen atoms in total. The summed E-state index contributed by atoms with van der Waals surface area (Å²) < 4.78 is 4.55. The van der Waals surface area contributed by atoms with Gasteiger partial charge in [0.05, 0.1) is 0 Å². The fourth-order valence-electron chi connectivity index (χ4n) is 3.62. The number of hydrogen-bond donors (Lipinski definition) is 0. The maximum absolute atomic E-state index is 12.9. The van der Waals surface area contributed by atoms with E-state index in [-0.39, 0.29) is 17.8 Å². The second-order valence-corrected chi connectivity index (χ2v) is 6.65. The van der Waals surface area contributed by atoms with E-state index >= 15 is 0 Å². The molecule has 1 aliphatic heterocycles. The molecular weight excluding hydrogens is 330 g/mol. The molecule has 0 radical (unpaired) electrons. The predicted octanol–water partition coefficient (Wildman–Crippen LogP) is 1.85. The molecule has 1 aliphatic rings. The molecule has 26 heavy (non-hydrogen) atoms. The second-order valence-electron chi connectivity index (χ2n) is 6.65. The Labute approximate surface area is 150 Å². The molecule has 0 aliphatic carbocycles. The zero-order valence-electron chi connectivity index (χ0n) is 15.2. The van der Waals surface area contributed by atoms with Gasteiger partial charge in [-0.15, -0.1) is 6.58 Å². The molecule has 0 amide bonds. The van der Waals surface area contributed by atoms with Crippen molar-refractivity contribution < 1.29 is 0 Å². The number of imidazole rings is 1. The maximum atomic E-state index is 12.9. The van der Waals surface area contributed by atoms with Gasteiger partial charge < -0.3 is 9.47 Å². The Morgan fingerprint density at radius 3 is 2.73 bits per heavy atom. The van der Waals surface area contributed by atoms with Crippen LogP contribution in [0.3, 0.4) is 0 Å². The van der Waals surface area contributed by atoms with E-state index in [1.165, 1.54) is 20.3 Å². The van der Waals surface area contributed by atoms with Crippen LogP contribution in [0.25, 0.3) is 11.2 Å². The number of fused-ring (bicyclic) bond motifs is 3. The summed E-state index contributed by atoms with van der Waals surface area (Å²) in [4.78, 5) is 32.2. The lowest BCUT2D eigenvalue weighted by molar-refractivity contribution is 0.662. The number of hydrogen-bond acceptors (Lipinski definition) is 4. The summed E-state index contributed by atoms with van der Waals surface area (Å²) in [7, 11) is 1.65. The monoisotopic (exact) mass is 351 g/mol. The van der Waals surface area contributed by atoms with Gasteiger partial charge in [0.2, 0.25) is 5.95 Å². The third-order valence-electron chi connectivity index (χ3n) is 5.18. The van der Waals surface area contributed by atoms with E-state index in [0.29, 0.717) is 23.7 Å². The topological polar surface area (TPSA) is 65.1 Å². The first-order valence-corrected chi connectivity index (χ1v) is 8.60. The highest BCUT2D eigenvalue weighted by atomic mass is 16.2. The van der Waals surface area contributed by atoms with Gasteiger partial charge in [0.1, 0.15) is 0 Å². The van der Waals surface area contributed by atoms with Crippen LogP contribution in [-0.2, 0) is 20.1 Å². The SMILES string of the molecule is C=CCn1c(=O)c2c(nc3n2CCN3c2cccc(C)c2C)n(C)c1=O. The Hall–Kier alpha value is -3.09. The third-order valence-corrected chi connectivity index (χ3v) is 5.18. The molecule has 134 valence electrons.